The molecule has 2 nitrogen and oxygen atoms in total. The van der Waals surface area contributed by atoms with Crippen molar-refractivity contribution in [1.82, 2.24) is 10.3 Å². The summed E-state index contributed by atoms with van der Waals surface area (Å²) < 4.78 is 0. The van der Waals surface area contributed by atoms with Gasteiger partial charge in [-0.3, -0.25) is 4.98 Å². The van der Waals surface area contributed by atoms with Crippen molar-refractivity contribution < 1.29 is 0 Å². The summed E-state index contributed by atoms with van der Waals surface area (Å²) in [6.45, 7) is 3.20. The Labute approximate surface area is 111 Å². The summed E-state index contributed by atoms with van der Waals surface area (Å²) in [5.41, 5.74) is 1.20. The van der Waals surface area contributed by atoms with E-state index in [0.717, 1.165) is 12.5 Å². The number of aromatic nitrogens is 1. The highest BCUT2D eigenvalue weighted by Gasteiger charge is 2.17. The predicted octanol–water partition coefficient (Wildman–Crippen LogP) is 4.09. The molecule has 0 bridgehead atoms. The lowest BCUT2D eigenvalue weighted by Crippen LogP contribution is -2.23. The Morgan fingerprint density at radius 1 is 1.28 bits per heavy atom. The highest BCUT2D eigenvalue weighted by atomic mass is 14.9. The van der Waals surface area contributed by atoms with E-state index in [0.29, 0.717) is 6.04 Å². The van der Waals surface area contributed by atoms with Crippen LogP contribution in [-0.4, -0.2) is 11.5 Å². The van der Waals surface area contributed by atoms with Crippen LogP contribution in [0.4, 0.5) is 0 Å². The van der Waals surface area contributed by atoms with Gasteiger partial charge in [-0.2, -0.15) is 0 Å². The third-order valence-corrected chi connectivity index (χ3v) is 4.08. The van der Waals surface area contributed by atoms with Gasteiger partial charge in [0, 0.05) is 12.2 Å². The molecule has 1 aromatic rings. The highest BCUT2D eigenvalue weighted by molar-refractivity contribution is 5.08. The summed E-state index contributed by atoms with van der Waals surface area (Å²) in [6, 6.07) is 6.67. The van der Waals surface area contributed by atoms with Gasteiger partial charge >= 0.3 is 0 Å². The predicted molar refractivity (Wildman–Crippen MR) is 76.5 cm³/mol. The lowest BCUT2D eigenvalue weighted by molar-refractivity contribution is 0.314. The van der Waals surface area contributed by atoms with Gasteiger partial charge in [0.15, 0.2) is 0 Å². The molecule has 0 amide bonds. The minimum Gasteiger partial charge on any atom is -0.309 e. The van der Waals surface area contributed by atoms with Gasteiger partial charge in [0.25, 0.3) is 0 Å². The second kappa shape index (κ2) is 7.52. The first kappa shape index (κ1) is 13.5. The molecular weight excluding hydrogens is 220 g/mol. The molecule has 1 unspecified atom stereocenters. The van der Waals surface area contributed by atoms with Gasteiger partial charge in [-0.05, 0) is 37.4 Å². The van der Waals surface area contributed by atoms with Crippen molar-refractivity contribution in [2.45, 2.75) is 57.9 Å². The molecule has 0 radical (unpaired) electrons. The van der Waals surface area contributed by atoms with Gasteiger partial charge in [0.05, 0.1) is 5.69 Å². The van der Waals surface area contributed by atoms with Crippen molar-refractivity contribution in [2.75, 3.05) is 6.54 Å². The summed E-state index contributed by atoms with van der Waals surface area (Å²) >= 11 is 0. The summed E-state index contributed by atoms with van der Waals surface area (Å²) in [7, 11) is 0. The fraction of sp³-hybridized carbons (Fsp3) is 0.688. The first-order valence-corrected chi connectivity index (χ1v) is 7.54. The zero-order valence-electron chi connectivity index (χ0n) is 11.6. The van der Waals surface area contributed by atoms with Crippen LogP contribution >= 0.6 is 0 Å². The third kappa shape index (κ3) is 4.09. The maximum absolute atomic E-state index is 4.50. The fourth-order valence-corrected chi connectivity index (χ4v) is 3.06. The van der Waals surface area contributed by atoms with Crippen molar-refractivity contribution in [3.8, 4) is 0 Å². The van der Waals surface area contributed by atoms with E-state index in [9.17, 15) is 0 Å². The molecule has 1 fully saturated rings. The monoisotopic (exact) mass is 246 g/mol. The third-order valence-electron chi connectivity index (χ3n) is 4.08. The Hall–Kier alpha value is -0.890. The first-order chi connectivity index (χ1) is 8.90. The largest absolute Gasteiger partial charge is 0.309 e. The molecule has 1 aliphatic carbocycles. The molecule has 1 atom stereocenters. The first-order valence-electron chi connectivity index (χ1n) is 7.54. The molecule has 18 heavy (non-hydrogen) atoms. The average molecular weight is 246 g/mol. The number of pyridine rings is 1. The van der Waals surface area contributed by atoms with Crippen LogP contribution in [0.15, 0.2) is 24.4 Å². The van der Waals surface area contributed by atoms with Crippen LogP contribution < -0.4 is 5.32 Å². The van der Waals surface area contributed by atoms with E-state index < -0.39 is 0 Å². The Kier molecular flexibility index (Phi) is 5.66. The van der Waals surface area contributed by atoms with Crippen LogP contribution in [0.1, 0.15) is 63.6 Å². The fourth-order valence-electron chi connectivity index (χ4n) is 3.06. The van der Waals surface area contributed by atoms with Gasteiger partial charge in [-0.15, -0.1) is 0 Å². The number of nitrogens with one attached hydrogen (secondary N) is 1. The second-order valence-corrected chi connectivity index (χ2v) is 5.45. The van der Waals surface area contributed by atoms with E-state index in [1.165, 1.54) is 50.6 Å². The number of hydrogen-bond donors (Lipinski definition) is 1. The van der Waals surface area contributed by atoms with Crippen LogP contribution in [0, 0.1) is 5.92 Å². The molecular formula is C16H26N2. The average Bonchev–Trinajstić information content (AvgIpc) is 2.45. The molecule has 0 saturated heterocycles. The summed E-state index contributed by atoms with van der Waals surface area (Å²) in [6.07, 6.45) is 11.7. The molecule has 1 saturated carbocycles. The molecule has 1 aromatic heterocycles. The molecule has 2 rings (SSSR count). The maximum Gasteiger partial charge on any atom is 0.0573 e. The maximum atomic E-state index is 4.50. The van der Waals surface area contributed by atoms with Crippen LogP contribution in [-0.2, 0) is 0 Å². The normalized spacial score (nSPS) is 18.7. The zero-order chi connectivity index (χ0) is 12.6. The summed E-state index contributed by atoms with van der Waals surface area (Å²) in [5.74, 6) is 0.962. The topological polar surface area (TPSA) is 24.9 Å². The quantitative estimate of drug-likeness (QED) is 0.817. The molecule has 1 aliphatic rings. The zero-order valence-corrected chi connectivity index (χ0v) is 11.6. The van der Waals surface area contributed by atoms with Crippen molar-refractivity contribution in [1.29, 1.82) is 0 Å². The van der Waals surface area contributed by atoms with E-state index in [-0.39, 0.29) is 0 Å². The van der Waals surface area contributed by atoms with Gasteiger partial charge in [-0.1, -0.05) is 45.1 Å². The van der Waals surface area contributed by atoms with Crippen LogP contribution in [0.25, 0.3) is 0 Å². The van der Waals surface area contributed by atoms with E-state index in [1.807, 2.05) is 12.3 Å². The van der Waals surface area contributed by atoms with Gasteiger partial charge in [0.1, 0.15) is 0 Å². The van der Waals surface area contributed by atoms with Crippen molar-refractivity contribution >= 4 is 0 Å². The highest BCUT2D eigenvalue weighted by Crippen LogP contribution is 2.29. The Morgan fingerprint density at radius 3 is 2.78 bits per heavy atom. The second-order valence-electron chi connectivity index (χ2n) is 5.45. The van der Waals surface area contributed by atoms with E-state index in [2.05, 4.69) is 29.4 Å². The van der Waals surface area contributed by atoms with E-state index in [4.69, 9.17) is 0 Å². The molecule has 0 spiro atoms. The van der Waals surface area contributed by atoms with Crippen molar-refractivity contribution in [2.24, 2.45) is 5.92 Å². The number of rotatable bonds is 6. The Bertz CT molecular complexity index is 317. The van der Waals surface area contributed by atoms with Crippen LogP contribution in [0.2, 0.25) is 0 Å². The van der Waals surface area contributed by atoms with Crippen LogP contribution in [0.5, 0.6) is 0 Å². The SMILES string of the molecule is CCNC(CCC1CCCCC1)c1ccccn1. The summed E-state index contributed by atoms with van der Waals surface area (Å²) in [4.78, 5) is 4.50. The number of hydrogen-bond acceptors (Lipinski definition) is 2. The lowest BCUT2D eigenvalue weighted by Gasteiger charge is -2.24. The number of nitrogens with zero attached hydrogens (tertiary/aromatic N) is 1. The molecule has 1 heterocycles. The van der Waals surface area contributed by atoms with E-state index in [1.54, 1.807) is 0 Å². The Morgan fingerprint density at radius 2 is 2.11 bits per heavy atom. The minimum atomic E-state index is 0.443. The molecule has 2 heteroatoms. The lowest BCUT2D eigenvalue weighted by atomic mass is 9.85. The van der Waals surface area contributed by atoms with E-state index >= 15 is 0 Å². The standard InChI is InChI=1S/C16H26N2/c1-2-17-16(15-10-6-7-13-18-15)12-11-14-8-4-3-5-9-14/h6-7,10,13-14,16-17H,2-5,8-9,11-12H2,1H3. The minimum absolute atomic E-state index is 0.443. The summed E-state index contributed by atoms with van der Waals surface area (Å²) in [5, 5.41) is 3.58. The van der Waals surface area contributed by atoms with Crippen LogP contribution in [0.3, 0.4) is 0 Å². The molecule has 0 aromatic carbocycles. The van der Waals surface area contributed by atoms with Crippen molar-refractivity contribution in [3.63, 3.8) is 0 Å². The Balaban J connectivity index is 1.86. The van der Waals surface area contributed by atoms with Gasteiger partial charge in [-0.25, -0.2) is 0 Å². The molecule has 0 aliphatic heterocycles. The smallest absolute Gasteiger partial charge is 0.0573 e. The van der Waals surface area contributed by atoms with Gasteiger partial charge < -0.3 is 5.32 Å². The van der Waals surface area contributed by atoms with Gasteiger partial charge in [0.2, 0.25) is 0 Å². The van der Waals surface area contributed by atoms with Crippen molar-refractivity contribution in [3.05, 3.63) is 30.1 Å². The molecule has 1 N–H and O–H groups in total. The molecule has 100 valence electrons.